The lowest BCUT2D eigenvalue weighted by Crippen LogP contribution is -2.47. The molecule has 12 heteroatoms. The second kappa shape index (κ2) is 9.48. The van der Waals surface area contributed by atoms with Crippen molar-refractivity contribution in [1.29, 1.82) is 0 Å². The third kappa shape index (κ3) is 4.97. The van der Waals surface area contributed by atoms with Crippen molar-refractivity contribution in [2.45, 2.75) is 58.1 Å². The SMILES string of the molecule is CC(=O)c1cc(NC(=O)[C@@H]2O[C@@](C)(C(F)(F)F)[C@@H](C)[C@H]2c2ccc(F)c(C)c2OC(F)F)ccn1. The van der Waals surface area contributed by atoms with Crippen LogP contribution >= 0.6 is 0 Å². The Labute approximate surface area is 196 Å². The van der Waals surface area contributed by atoms with Gasteiger partial charge in [-0.3, -0.25) is 14.6 Å². The molecule has 1 amide bonds. The van der Waals surface area contributed by atoms with Crippen LogP contribution in [-0.4, -0.2) is 41.2 Å². The van der Waals surface area contributed by atoms with Crippen molar-refractivity contribution in [2.75, 3.05) is 5.32 Å². The Bertz CT molecular complexity index is 1140. The van der Waals surface area contributed by atoms with E-state index in [1.165, 1.54) is 25.3 Å². The first-order valence-corrected chi connectivity index (χ1v) is 10.4. The van der Waals surface area contributed by atoms with Gasteiger partial charge in [-0.05, 0) is 32.0 Å². The van der Waals surface area contributed by atoms with Crippen molar-refractivity contribution in [3.8, 4) is 5.75 Å². The highest BCUT2D eigenvalue weighted by atomic mass is 19.4. The number of halogens is 6. The molecule has 1 fully saturated rings. The van der Waals surface area contributed by atoms with E-state index in [2.05, 4.69) is 15.0 Å². The molecule has 0 saturated carbocycles. The Morgan fingerprint density at radius 1 is 1.23 bits per heavy atom. The zero-order valence-electron chi connectivity index (χ0n) is 19.0. The standard InChI is InChI=1S/C23H22F6N2O4/c1-10-15(24)6-5-14(18(10)34-21(25)26)17-11(2)22(4,23(27,28)29)35-19(17)20(33)31-13-7-8-30-16(9-13)12(3)32/h5-9,11,17,19,21H,1-4H3,(H,30,31,33)/t11-,17-,19+,22+/m0/s1. The van der Waals surface area contributed by atoms with Crippen molar-refractivity contribution >= 4 is 17.4 Å². The summed E-state index contributed by atoms with van der Waals surface area (Å²) in [5.74, 6) is -5.92. The van der Waals surface area contributed by atoms with Crippen LogP contribution in [0.2, 0.25) is 0 Å². The number of alkyl halides is 5. The predicted octanol–water partition coefficient (Wildman–Crippen LogP) is 5.41. The number of anilines is 1. The number of nitrogens with one attached hydrogen (secondary N) is 1. The van der Waals surface area contributed by atoms with E-state index in [1.807, 2.05) is 0 Å². The van der Waals surface area contributed by atoms with Crippen LogP contribution in [0.4, 0.5) is 32.0 Å². The monoisotopic (exact) mass is 504 g/mol. The number of carbonyl (C=O) groups is 2. The second-order valence-corrected chi connectivity index (χ2v) is 8.40. The first-order chi connectivity index (χ1) is 16.2. The number of pyridine rings is 1. The van der Waals surface area contributed by atoms with Gasteiger partial charge in [0.2, 0.25) is 0 Å². The molecule has 0 unspecified atom stereocenters. The van der Waals surface area contributed by atoms with Gasteiger partial charge in [-0.25, -0.2) is 4.39 Å². The topological polar surface area (TPSA) is 77.5 Å². The molecular weight excluding hydrogens is 482 g/mol. The van der Waals surface area contributed by atoms with Gasteiger partial charge in [-0.1, -0.05) is 13.0 Å². The number of rotatable bonds is 6. The number of benzene rings is 1. The number of carbonyl (C=O) groups excluding carboxylic acids is 2. The molecule has 2 heterocycles. The van der Waals surface area contributed by atoms with E-state index >= 15 is 0 Å². The molecule has 1 aromatic heterocycles. The summed E-state index contributed by atoms with van der Waals surface area (Å²) >= 11 is 0. The number of ketones is 1. The number of Topliss-reactive ketones (excluding diaryl/α,β-unsaturated/α-hetero) is 1. The van der Waals surface area contributed by atoms with Crippen molar-refractivity contribution in [3.05, 3.63) is 53.1 Å². The zero-order valence-corrected chi connectivity index (χ0v) is 19.0. The molecule has 6 nitrogen and oxygen atoms in total. The van der Waals surface area contributed by atoms with E-state index in [-0.39, 0.29) is 22.5 Å². The maximum Gasteiger partial charge on any atom is 0.417 e. The molecule has 0 radical (unpaired) electrons. The quantitative estimate of drug-likeness (QED) is 0.421. The molecule has 1 saturated heterocycles. The van der Waals surface area contributed by atoms with E-state index in [1.54, 1.807) is 0 Å². The van der Waals surface area contributed by atoms with Crippen molar-refractivity contribution in [1.82, 2.24) is 4.98 Å². The van der Waals surface area contributed by atoms with Gasteiger partial charge in [-0.15, -0.1) is 0 Å². The molecule has 1 aromatic carbocycles. The third-order valence-corrected chi connectivity index (χ3v) is 6.25. The highest BCUT2D eigenvalue weighted by Gasteiger charge is 2.65. The minimum Gasteiger partial charge on any atom is -0.434 e. The Morgan fingerprint density at radius 2 is 1.89 bits per heavy atom. The first kappa shape index (κ1) is 26.5. The van der Waals surface area contributed by atoms with Gasteiger partial charge in [0.05, 0.1) is 0 Å². The predicted molar refractivity (Wildman–Crippen MR) is 112 cm³/mol. The summed E-state index contributed by atoms with van der Waals surface area (Å²) in [7, 11) is 0. The van der Waals surface area contributed by atoms with E-state index < -0.39 is 59.6 Å². The molecule has 0 bridgehead atoms. The highest BCUT2D eigenvalue weighted by Crippen LogP contribution is 2.55. The number of hydrogen-bond acceptors (Lipinski definition) is 5. The van der Waals surface area contributed by atoms with Crippen LogP contribution in [-0.2, 0) is 9.53 Å². The van der Waals surface area contributed by atoms with E-state index in [0.29, 0.717) is 0 Å². The van der Waals surface area contributed by atoms with E-state index in [9.17, 15) is 35.9 Å². The molecular formula is C23H22F6N2O4. The highest BCUT2D eigenvalue weighted by molar-refractivity contribution is 5.97. The molecule has 1 N–H and O–H groups in total. The fourth-order valence-corrected chi connectivity index (χ4v) is 4.13. The number of ether oxygens (including phenoxy) is 2. The summed E-state index contributed by atoms with van der Waals surface area (Å²) in [5, 5.41) is 2.39. The van der Waals surface area contributed by atoms with Gasteiger partial charge in [0.1, 0.15) is 23.4 Å². The normalized spacial score (nSPS) is 24.5. The van der Waals surface area contributed by atoms with Crippen LogP contribution in [0.1, 0.15) is 48.3 Å². The average Bonchev–Trinajstić information content (AvgIpc) is 3.04. The van der Waals surface area contributed by atoms with E-state index in [4.69, 9.17) is 4.74 Å². The number of nitrogens with zero attached hydrogens (tertiary/aromatic N) is 1. The summed E-state index contributed by atoms with van der Waals surface area (Å²) in [5.41, 5.74) is -3.36. The minimum atomic E-state index is -4.93. The lowest BCUT2D eigenvalue weighted by molar-refractivity contribution is -0.272. The van der Waals surface area contributed by atoms with Crippen molar-refractivity contribution < 1.29 is 45.4 Å². The van der Waals surface area contributed by atoms with Crippen LogP contribution in [0.3, 0.4) is 0 Å². The van der Waals surface area contributed by atoms with Crippen LogP contribution in [0.25, 0.3) is 0 Å². The Hall–Kier alpha value is -3.15. The number of hydrogen-bond donors (Lipinski definition) is 1. The van der Waals surface area contributed by atoms with Gasteiger partial charge in [0.15, 0.2) is 11.4 Å². The smallest absolute Gasteiger partial charge is 0.417 e. The maximum atomic E-state index is 14.1. The van der Waals surface area contributed by atoms with Gasteiger partial charge < -0.3 is 14.8 Å². The lowest BCUT2D eigenvalue weighted by Gasteiger charge is -2.32. The van der Waals surface area contributed by atoms with Crippen LogP contribution in [0.15, 0.2) is 30.5 Å². The molecule has 4 atom stereocenters. The summed E-state index contributed by atoms with van der Waals surface area (Å²) < 4.78 is 92.2. The van der Waals surface area contributed by atoms with E-state index in [0.717, 1.165) is 32.9 Å². The molecule has 3 rings (SSSR count). The van der Waals surface area contributed by atoms with Crippen molar-refractivity contribution in [3.63, 3.8) is 0 Å². The largest absolute Gasteiger partial charge is 0.434 e. The molecule has 1 aliphatic heterocycles. The molecule has 0 spiro atoms. The van der Waals surface area contributed by atoms with Gasteiger partial charge >= 0.3 is 12.8 Å². The molecule has 35 heavy (non-hydrogen) atoms. The minimum absolute atomic E-state index is 0.00182. The van der Waals surface area contributed by atoms with Gasteiger partial charge in [-0.2, -0.15) is 22.0 Å². The molecule has 0 aliphatic carbocycles. The van der Waals surface area contributed by atoms with Crippen molar-refractivity contribution in [2.24, 2.45) is 5.92 Å². The summed E-state index contributed by atoms with van der Waals surface area (Å²) in [6, 6.07) is 4.45. The maximum absolute atomic E-state index is 14.1. The molecule has 1 aliphatic rings. The Kier molecular flexibility index (Phi) is 7.16. The second-order valence-electron chi connectivity index (χ2n) is 8.40. The summed E-state index contributed by atoms with van der Waals surface area (Å²) in [6.45, 7) is 0.894. The number of amides is 1. The summed E-state index contributed by atoms with van der Waals surface area (Å²) in [6.07, 6.45) is -5.54. The first-order valence-electron chi connectivity index (χ1n) is 10.4. The molecule has 190 valence electrons. The van der Waals surface area contributed by atoms with Crippen LogP contribution in [0, 0.1) is 18.7 Å². The average molecular weight is 504 g/mol. The van der Waals surface area contributed by atoms with Crippen LogP contribution < -0.4 is 10.1 Å². The third-order valence-electron chi connectivity index (χ3n) is 6.25. The lowest BCUT2D eigenvalue weighted by atomic mass is 9.76. The van der Waals surface area contributed by atoms with Crippen LogP contribution in [0.5, 0.6) is 5.75 Å². The van der Waals surface area contributed by atoms with Gasteiger partial charge in [0, 0.05) is 41.8 Å². The summed E-state index contributed by atoms with van der Waals surface area (Å²) in [4.78, 5) is 28.5. The zero-order chi connectivity index (χ0) is 26.3. The fourth-order valence-electron chi connectivity index (χ4n) is 4.13. The molecule has 2 aromatic rings. The van der Waals surface area contributed by atoms with Gasteiger partial charge in [0.25, 0.3) is 5.91 Å². The Balaban J connectivity index is 2.10. The Morgan fingerprint density at radius 3 is 2.46 bits per heavy atom. The fraction of sp³-hybridized carbons (Fsp3) is 0.435. The number of aromatic nitrogens is 1.